The Kier molecular flexibility index (Phi) is 3.39. The van der Waals surface area contributed by atoms with Gasteiger partial charge < -0.3 is 0 Å². The number of imide groups is 2. The molecule has 4 amide bonds. The number of ketones is 1. The van der Waals surface area contributed by atoms with Crippen molar-refractivity contribution in [3.8, 4) is 0 Å². The molecule has 7 heteroatoms. The highest BCUT2D eigenvalue weighted by molar-refractivity contribution is 6.24. The largest absolute Gasteiger partial charge is 0.289 e. The molecular formula is C20H14N2O5. The highest BCUT2D eigenvalue weighted by Gasteiger charge is 2.36. The Hall–Kier alpha value is -3.61. The van der Waals surface area contributed by atoms with Gasteiger partial charge in [0.05, 0.1) is 22.3 Å². The molecule has 0 fully saturated rings. The number of carbonyl (C=O) groups excluding carboxylic acids is 5. The van der Waals surface area contributed by atoms with Gasteiger partial charge in [0.25, 0.3) is 23.6 Å². The predicted molar refractivity (Wildman–Crippen MR) is 93.9 cm³/mol. The van der Waals surface area contributed by atoms with Crippen molar-refractivity contribution in [2.75, 3.05) is 14.1 Å². The van der Waals surface area contributed by atoms with E-state index >= 15 is 0 Å². The number of nitrogens with zero attached hydrogens (tertiary/aromatic N) is 2. The number of carbonyl (C=O) groups is 5. The van der Waals surface area contributed by atoms with Crippen LogP contribution in [0.25, 0.3) is 0 Å². The van der Waals surface area contributed by atoms with Gasteiger partial charge in [-0.25, -0.2) is 0 Å². The van der Waals surface area contributed by atoms with Crippen LogP contribution >= 0.6 is 0 Å². The van der Waals surface area contributed by atoms with Gasteiger partial charge >= 0.3 is 0 Å². The highest BCUT2D eigenvalue weighted by atomic mass is 16.2. The molecular weight excluding hydrogens is 348 g/mol. The van der Waals surface area contributed by atoms with E-state index in [0.717, 1.165) is 9.80 Å². The van der Waals surface area contributed by atoms with Crippen LogP contribution in [0.2, 0.25) is 0 Å². The summed E-state index contributed by atoms with van der Waals surface area (Å²) < 4.78 is 0. The van der Waals surface area contributed by atoms with Crippen molar-refractivity contribution in [3.05, 3.63) is 69.3 Å². The highest BCUT2D eigenvalue weighted by Crippen LogP contribution is 2.29. The topological polar surface area (TPSA) is 91.8 Å². The van der Waals surface area contributed by atoms with E-state index in [-0.39, 0.29) is 39.2 Å². The van der Waals surface area contributed by atoms with Crippen LogP contribution in [0, 0.1) is 6.92 Å². The van der Waals surface area contributed by atoms with E-state index in [1.165, 1.54) is 44.4 Å². The van der Waals surface area contributed by atoms with Gasteiger partial charge in [0.15, 0.2) is 5.78 Å². The number of benzene rings is 2. The molecule has 2 aliphatic heterocycles. The van der Waals surface area contributed by atoms with E-state index < -0.39 is 23.6 Å². The Morgan fingerprint density at radius 2 is 1.30 bits per heavy atom. The first kappa shape index (κ1) is 16.8. The lowest BCUT2D eigenvalue weighted by atomic mass is 9.92. The molecule has 7 nitrogen and oxygen atoms in total. The SMILES string of the molecule is Cc1c(C(=O)c2ccc3c(c2)C(=O)N(C)C3=O)ccc2c1C(=O)N(C)C2=O. The predicted octanol–water partition coefficient (Wildman–Crippen LogP) is 1.68. The number of rotatable bonds is 2. The van der Waals surface area contributed by atoms with Gasteiger partial charge in [-0.1, -0.05) is 6.07 Å². The molecule has 0 spiro atoms. The lowest BCUT2D eigenvalue weighted by Crippen LogP contribution is -2.24. The first-order valence-corrected chi connectivity index (χ1v) is 8.21. The van der Waals surface area contributed by atoms with Crippen molar-refractivity contribution in [2.24, 2.45) is 0 Å². The zero-order valence-electron chi connectivity index (χ0n) is 14.8. The maximum atomic E-state index is 13.0. The van der Waals surface area contributed by atoms with E-state index in [2.05, 4.69) is 0 Å². The van der Waals surface area contributed by atoms with Crippen molar-refractivity contribution in [1.29, 1.82) is 0 Å². The van der Waals surface area contributed by atoms with Crippen LogP contribution in [0.3, 0.4) is 0 Å². The van der Waals surface area contributed by atoms with E-state index in [1.54, 1.807) is 6.92 Å². The van der Waals surface area contributed by atoms with Crippen LogP contribution in [0.4, 0.5) is 0 Å². The molecule has 27 heavy (non-hydrogen) atoms. The monoisotopic (exact) mass is 362 g/mol. The molecule has 0 saturated carbocycles. The second-order valence-corrected chi connectivity index (χ2v) is 6.59. The van der Waals surface area contributed by atoms with Gasteiger partial charge in [-0.2, -0.15) is 0 Å². The van der Waals surface area contributed by atoms with Crippen molar-refractivity contribution in [3.63, 3.8) is 0 Å². The fraction of sp³-hybridized carbons (Fsp3) is 0.150. The van der Waals surface area contributed by atoms with Gasteiger partial charge in [-0.3, -0.25) is 33.8 Å². The second kappa shape index (κ2) is 5.44. The standard InChI is InChI=1S/C20H14N2O5/c1-9-11(6-7-13-15(9)20(27)22(3)18(13)25)16(23)10-4-5-12-14(8-10)19(26)21(2)17(12)24/h4-8H,1-3H3. The summed E-state index contributed by atoms with van der Waals surface area (Å²) in [6.07, 6.45) is 0. The third-order valence-corrected chi connectivity index (χ3v) is 5.12. The minimum Gasteiger partial charge on any atom is -0.289 e. The summed E-state index contributed by atoms with van der Waals surface area (Å²) in [5.41, 5.74) is 1.85. The molecule has 2 aromatic rings. The van der Waals surface area contributed by atoms with Crippen LogP contribution in [0.5, 0.6) is 0 Å². The molecule has 0 aliphatic carbocycles. The average molecular weight is 362 g/mol. The average Bonchev–Trinajstić information content (AvgIpc) is 3.02. The molecule has 0 unspecified atom stereocenters. The number of amides is 4. The van der Waals surface area contributed by atoms with Crippen molar-refractivity contribution in [1.82, 2.24) is 9.80 Å². The second-order valence-electron chi connectivity index (χ2n) is 6.59. The molecule has 0 bridgehead atoms. The number of hydrogen-bond donors (Lipinski definition) is 0. The van der Waals surface area contributed by atoms with Crippen molar-refractivity contribution < 1.29 is 24.0 Å². The summed E-state index contributed by atoms with van der Waals surface area (Å²) in [5.74, 6) is -2.10. The molecule has 0 saturated heterocycles. The van der Waals surface area contributed by atoms with E-state index in [0.29, 0.717) is 5.56 Å². The Balaban J connectivity index is 1.80. The zero-order chi connectivity index (χ0) is 19.6. The molecule has 0 radical (unpaired) electrons. The Labute approximate surface area is 154 Å². The zero-order valence-corrected chi connectivity index (χ0v) is 14.8. The van der Waals surface area contributed by atoms with Crippen LogP contribution in [-0.4, -0.2) is 53.3 Å². The summed E-state index contributed by atoms with van der Waals surface area (Å²) in [6.45, 7) is 1.62. The smallest absolute Gasteiger partial charge is 0.261 e. The van der Waals surface area contributed by atoms with Gasteiger partial charge in [0.2, 0.25) is 0 Å². The summed E-state index contributed by atoms with van der Waals surface area (Å²) in [4.78, 5) is 63.5. The van der Waals surface area contributed by atoms with Gasteiger partial charge in [0.1, 0.15) is 0 Å². The van der Waals surface area contributed by atoms with Crippen molar-refractivity contribution >= 4 is 29.4 Å². The third-order valence-electron chi connectivity index (χ3n) is 5.12. The summed E-state index contributed by atoms with van der Waals surface area (Å²) in [5, 5.41) is 0. The normalized spacial score (nSPS) is 15.5. The molecule has 0 aromatic heterocycles. The Morgan fingerprint density at radius 1 is 0.741 bits per heavy atom. The quantitative estimate of drug-likeness (QED) is 0.599. The minimum atomic E-state index is -0.460. The number of hydrogen-bond acceptors (Lipinski definition) is 5. The summed E-state index contributed by atoms with van der Waals surface area (Å²) >= 11 is 0. The van der Waals surface area contributed by atoms with E-state index in [4.69, 9.17) is 0 Å². The lowest BCUT2D eigenvalue weighted by Gasteiger charge is -2.09. The molecule has 2 aromatic carbocycles. The summed E-state index contributed by atoms with van der Waals surface area (Å²) in [7, 11) is 2.78. The minimum absolute atomic E-state index is 0.179. The van der Waals surface area contributed by atoms with Gasteiger partial charge in [0, 0.05) is 25.2 Å². The summed E-state index contributed by atoms with van der Waals surface area (Å²) in [6, 6.07) is 7.31. The van der Waals surface area contributed by atoms with E-state index in [9.17, 15) is 24.0 Å². The fourth-order valence-electron chi connectivity index (χ4n) is 3.51. The molecule has 2 aliphatic rings. The van der Waals surface area contributed by atoms with Gasteiger partial charge in [-0.15, -0.1) is 0 Å². The fourth-order valence-corrected chi connectivity index (χ4v) is 3.51. The molecule has 0 atom stereocenters. The Morgan fingerprint density at radius 3 is 2.00 bits per heavy atom. The van der Waals surface area contributed by atoms with E-state index in [1.807, 2.05) is 0 Å². The van der Waals surface area contributed by atoms with Crippen LogP contribution in [0.15, 0.2) is 30.3 Å². The first-order valence-electron chi connectivity index (χ1n) is 8.21. The molecule has 2 heterocycles. The van der Waals surface area contributed by atoms with Crippen molar-refractivity contribution in [2.45, 2.75) is 6.92 Å². The van der Waals surface area contributed by atoms with Crippen LogP contribution in [0.1, 0.15) is 62.9 Å². The molecule has 134 valence electrons. The van der Waals surface area contributed by atoms with Crippen LogP contribution in [-0.2, 0) is 0 Å². The van der Waals surface area contributed by atoms with Gasteiger partial charge in [-0.05, 0) is 36.8 Å². The molecule has 0 N–H and O–H groups in total. The maximum absolute atomic E-state index is 13.0. The Bertz CT molecular complexity index is 1120. The molecule has 4 rings (SSSR count). The lowest BCUT2D eigenvalue weighted by molar-refractivity contribution is 0.0677. The van der Waals surface area contributed by atoms with Crippen LogP contribution < -0.4 is 0 Å². The number of fused-ring (bicyclic) bond motifs is 2. The maximum Gasteiger partial charge on any atom is 0.261 e. The first-order chi connectivity index (χ1) is 12.7. The third kappa shape index (κ3) is 2.11.